The van der Waals surface area contributed by atoms with Gasteiger partial charge in [0.25, 0.3) is 5.69 Å². The monoisotopic (exact) mass is 274 g/mol. The summed E-state index contributed by atoms with van der Waals surface area (Å²) in [5.74, 6) is 0. The van der Waals surface area contributed by atoms with Crippen LogP contribution in [0.1, 0.15) is 32.6 Å². The number of rotatable bonds is 7. The largest absolute Gasteiger partial charge is 0.269 e. The lowest BCUT2D eigenvalue weighted by atomic mass is 10.2. The first-order valence-corrected chi connectivity index (χ1v) is 7.02. The highest BCUT2D eigenvalue weighted by atomic mass is 16.6. The summed E-state index contributed by atoms with van der Waals surface area (Å²) < 4.78 is 4.13. The van der Waals surface area contributed by atoms with Crippen molar-refractivity contribution in [2.24, 2.45) is 0 Å². The van der Waals surface area contributed by atoms with E-state index in [1.165, 1.54) is 37.8 Å². The Hall–Kier alpha value is -2.17. The average Bonchev–Trinajstić information content (AvgIpc) is 2.92. The van der Waals surface area contributed by atoms with Crippen molar-refractivity contribution in [3.63, 3.8) is 0 Å². The van der Waals surface area contributed by atoms with Crippen molar-refractivity contribution in [2.45, 2.75) is 39.2 Å². The Morgan fingerprint density at radius 3 is 2.60 bits per heavy atom. The van der Waals surface area contributed by atoms with Gasteiger partial charge in [0.1, 0.15) is 18.1 Å². The van der Waals surface area contributed by atoms with Gasteiger partial charge in [0.05, 0.1) is 11.5 Å². The first-order chi connectivity index (χ1) is 9.70. The van der Waals surface area contributed by atoms with Crippen molar-refractivity contribution in [1.82, 2.24) is 4.57 Å². The van der Waals surface area contributed by atoms with Crippen LogP contribution in [0, 0.1) is 10.1 Å². The van der Waals surface area contributed by atoms with Crippen molar-refractivity contribution in [3.8, 4) is 5.69 Å². The van der Waals surface area contributed by atoms with E-state index in [2.05, 4.69) is 11.5 Å². The number of nitro benzene ring substituents is 1. The molecule has 0 aliphatic rings. The lowest BCUT2D eigenvalue weighted by Crippen LogP contribution is -2.30. The molecule has 2 rings (SSSR count). The Labute approximate surface area is 118 Å². The number of nitrogens with zero attached hydrogens (tertiary/aromatic N) is 3. The standard InChI is InChI=1S/C15H20N3O2/c1-2-3-4-5-10-16-11-12-17(13-16)14-6-8-15(9-7-14)18(19)20/h6-9,11-13H,2-5,10H2,1H3/q+1. The molecule has 1 aromatic carbocycles. The average molecular weight is 274 g/mol. The fourth-order valence-electron chi connectivity index (χ4n) is 2.15. The summed E-state index contributed by atoms with van der Waals surface area (Å²) in [6.07, 6.45) is 11.0. The van der Waals surface area contributed by atoms with E-state index in [-0.39, 0.29) is 10.6 Å². The van der Waals surface area contributed by atoms with E-state index in [1.54, 1.807) is 12.1 Å². The third-order valence-corrected chi connectivity index (χ3v) is 3.32. The quantitative estimate of drug-likeness (QED) is 0.337. The Balaban J connectivity index is 1.99. The number of hydrogen-bond donors (Lipinski definition) is 0. The molecule has 0 spiro atoms. The van der Waals surface area contributed by atoms with Gasteiger partial charge in [-0.3, -0.25) is 10.1 Å². The van der Waals surface area contributed by atoms with Crippen molar-refractivity contribution in [3.05, 3.63) is 53.1 Å². The van der Waals surface area contributed by atoms with Crippen molar-refractivity contribution >= 4 is 5.69 Å². The van der Waals surface area contributed by atoms with Gasteiger partial charge >= 0.3 is 0 Å². The molecule has 20 heavy (non-hydrogen) atoms. The van der Waals surface area contributed by atoms with Crippen molar-refractivity contribution in [1.29, 1.82) is 0 Å². The fraction of sp³-hybridized carbons (Fsp3) is 0.400. The lowest BCUT2D eigenvalue weighted by Gasteiger charge is -1.97. The van der Waals surface area contributed by atoms with E-state index in [1.807, 2.05) is 23.3 Å². The van der Waals surface area contributed by atoms with Gasteiger partial charge in [-0.25, -0.2) is 9.13 Å². The number of benzene rings is 1. The molecular formula is C15H20N3O2+. The second-order valence-electron chi connectivity index (χ2n) is 4.89. The van der Waals surface area contributed by atoms with Crippen LogP contribution >= 0.6 is 0 Å². The van der Waals surface area contributed by atoms with Gasteiger partial charge in [-0.2, -0.15) is 0 Å². The molecule has 0 aliphatic carbocycles. The van der Waals surface area contributed by atoms with Gasteiger partial charge in [0, 0.05) is 12.1 Å². The molecule has 0 fully saturated rings. The second-order valence-corrected chi connectivity index (χ2v) is 4.89. The van der Waals surface area contributed by atoms with Crippen LogP contribution in [-0.2, 0) is 6.54 Å². The van der Waals surface area contributed by atoms with Gasteiger partial charge in [0.2, 0.25) is 6.33 Å². The van der Waals surface area contributed by atoms with Crippen LogP contribution < -0.4 is 4.57 Å². The van der Waals surface area contributed by atoms with Gasteiger partial charge in [0.15, 0.2) is 0 Å². The molecule has 0 radical (unpaired) electrons. The smallest absolute Gasteiger partial charge is 0.258 e. The molecule has 106 valence electrons. The maximum atomic E-state index is 10.6. The van der Waals surface area contributed by atoms with Crippen LogP contribution in [-0.4, -0.2) is 9.49 Å². The number of imidazole rings is 1. The minimum absolute atomic E-state index is 0.119. The van der Waals surface area contributed by atoms with Gasteiger partial charge in [-0.15, -0.1) is 0 Å². The predicted molar refractivity (Wildman–Crippen MR) is 76.8 cm³/mol. The van der Waals surface area contributed by atoms with E-state index < -0.39 is 0 Å². The number of unbranched alkanes of at least 4 members (excludes halogenated alkanes) is 3. The van der Waals surface area contributed by atoms with E-state index in [0.717, 1.165) is 12.2 Å². The maximum absolute atomic E-state index is 10.6. The number of aryl methyl sites for hydroxylation is 1. The number of nitro groups is 1. The Morgan fingerprint density at radius 2 is 1.95 bits per heavy atom. The topological polar surface area (TPSA) is 52.0 Å². The fourth-order valence-corrected chi connectivity index (χ4v) is 2.15. The summed E-state index contributed by atoms with van der Waals surface area (Å²) in [6.45, 7) is 3.22. The number of aromatic nitrogens is 2. The highest BCUT2D eigenvalue weighted by Crippen LogP contribution is 2.14. The maximum Gasteiger partial charge on any atom is 0.269 e. The zero-order valence-corrected chi connectivity index (χ0v) is 11.7. The van der Waals surface area contributed by atoms with Crippen LogP contribution in [0.3, 0.4) is 0 Å². The number of hydrogen-bond acceptors (Lipinski definition) is 2. The molecular weight excluding hydrogens is 254 g/mol. The first kappa shape index (κ1) is 14.2. The molecule has 1 heterocycles. The zero-order valence-electron chi connectivity index (χ0n) is 11.7. The van der Waals surface area contributed by atoms with Crippen LogP contribution in [0.15, 0.2) is 43.0 Å². The van der Waals surface area contributed by atoms with Gasteiger partial charge < -0.3 is 0 Å². The molecule has 5 heteroatoms. The summed E-state index contributed by atoms with van der Waals surface area (Å²) in [5, 5.41) is 10.6. The molecule has 0 N–H and O–H groups in total. The zero-order chi connectivity index (χ0) is 14.4. The van der Waals surface area contributed by atoms with E-state index in [4.69, 9.17) is 0 Å². The van der Waals surface area contributed by atoms with Gasteiger partial charge in [-0.1, -0.05) is 19.8 Å². The Bertz CT molecular complexity index is 561. The normalized spacial score (nSPS) is 10.7. The molecule has 5 nitrogen and oxygen atoms in total. The van der Waals surface area contributed by atoms with Crippen molar-refractivity contribution in [2.75, 3.05) is 0 Å². The molecule has 1 aromatic heterocycles. The SMILES string of the molecule is CCCCCC[n+]1ccn(-c2ccc([N+](=O)[O-])cc2)c1. The van der Waals surface area contributed by atoms with E-state index >= 15 is 0 Å². The van der Waals surface area contributed by atoms with Crippen LogP contribution in [0.5, 0.6) is 0 Å². The summed E-state index contributed by atoms with van der Waals surface area (Å²) in [6, 6.07) is 6.58. The predicted octanol–water partition coefficient (Wildman–Crippen LogP) is 3.25. The minimum Gasteiger partial charge on any atom is -0.258 e. The molecule has 0 atom stereocenters. The summed E-state index contributed by atoms with van der Waals surface area (Å²) in [7, 11) is 0. The van der Waals surface area contributed by atoms with E-state index in [0.29, 0.717) is 0 Å². The first-order valence-electron chi connectivity index (χ1n) is 7.02. The van der Waals surface area contributed by atoms with E-state index in [9.17, 15) is 10.1 Å². The third kappa shape index (κ3) is 3.66. The summed E-state index contributed by atoms with van der Waals surface area (Å²) in [4.78, 5) is 10.2. The highest BCUT2D eigenvalue weighted by molar-refractivity contribution is 5.40. The lowest BCUT2D eigenvalue weighted by molar-refractivity contribution is -0.696. The molecule has 0 aliphatic heterocycles. The molecule has 0 amide bonds. The minimum atomic E-state index is -0.382. The van der Waals surface area contributed by atoms with Gasteiger partial charge in [-0.05, 0) is 25.0 Å². The molecule has 0 saturated heterocycles. The molecule has 0 unspecified atom stereocenters. The second kappa shape index (κ2) is 6.84. The number of non-ortho nitro benzene ring substituents is 1. The Kier molecular flexibility index (Phi) is 4.87. The van der Waals surface area contributed by atoms with Crippen molar-refractivity contribution < 1.29 is 9.49 Å². The van der Waals surface area contributed by atoms with Crippen LogP contribution in [0.4, 0.5) is 5.69 Å². The third-order valence-electron chi connectivity index (χ3n) is 3.32. The Morgan fingerprint density at radius 1 is 1.20 bits per heavy atom. The molecule has 0 saturated carbocycles. The summed E-state index contributed by atoms with van der Waals surface area (Å²) >= 11 is 0. The summed E-state index contributed by atoms with van der Waals surface area (Å²) in [5.41, 5.74) is 1.05. The van der Waals surface area contributed by atoms with Crippen LogP contribution in [0.25, 0.3) is 5.69 Å². The molecule has 0 bridgehead atoms. The molecule has 2 aromatic rings. The highest BCUT2D eigenvalue weighted by Gasteiger charge is 2.09. The van der Waals surface area contributed by atoms with Crippen LogP contribution in [0.2, 0.25) is 0 Å².